The monoisotopic (exact) mass is 255 g/mol. The number of nitrogens with zero attached hydrogens (tertiary/aromatic N) is 1. The van der Waals surface area contributed by atoms with Crippen LogP contribution < -0.4 is 0 Å². The molecule has 0 saturated carbocycles. The summed E-state index contributed by atoms with van der Waals surface area (Å²) in [7, 11) is 0. The summed E-state index contributed by atoms with van der Waals surface area (Å²) in [5, 5.41) is 0. The van der Waals surface area contributed by atoms with Crippen LogP contribution in [0, 0.1) is 13.8 Å². The number of ketones is 1. The molecule has 3 nitrogen and oxygen atoms in total. The molecule has 0 radical (unpaired) electrons. The number of alkyl halides is 1. The standard InChI is InChI=1S/C13H18ClNO2/c1-9-6-12(13(16)7-14)10(2)15(9)8-11-4-3-5-17-11/h6,11H,3-5,7-8H2,1-2H3. The minimum atomic E-state index is -0.00152. The maximum atomic E-state index is 11.7. The van der Waals surface area contributed by atoms with E-state index >= 15 is 0 Å². The summed E-state index contributed by atoms with van der Waals surface area (Å²) >= 11 is 5.61. The number of rotatable bonds is 4. The van der Waals surface area contributed by atoms with Crippen LogP contribution in [-0.2, 0) is 11.3 Å². The van der Waals surface area contributed by atoms with Crippen LogP contribution >= 0.6 is 11.6 Å². The van der Waals surface area contributed by atoms with E-state index in [9.17, 15) is 4.79 Å². The first-order valence-electron chi connectivity index (χ1n) is 6.01. The number of Topliss-reactive ketones (excluding diaryl/α,β-unsaturated/α-hetero) is 1. The van der Waals surface area contributed by atoms with Crippen molar-refractivity contribution in [2.24, 2.45) is 0 Å². The normalized spacial score (nSPS) is 19.8. The summed E-state index contributed by atoms with van der Waals surface area (Å²) < 4.78 is 7.79. The molecule has 1 aromatic rings. The fourth-order valence-electron chi connectivity index (χ4n) is 2.43. The topological polar surface area (TPSA) is 31.2 Å². The van der Waals surface area contributed by atoms with E-state index in [0.717, 1.165) is 42.9 Å². The SMILES string of the molecule is Cc1cc(C(=O)CCl)c(C)n1CC1CCCO1. The van der Waals surface area contributed by atoms with Gasteiger partial charge in [-0.3, -0.25) is 4.79 Å². The van der Waals surface area contributed by atoms with E-state index < -0.39 is 0 Å². The number of hydrogen-bond donors (Lipinski definition) is 0. The third-order valence-electron chi connectivity index (χ3n) is 3.41. The fourth-order valence-corrected chi connectivity index (χ4v) is 2.57. The van der Waals surface area contributed by atoms with Crippen molar-refractivity contribution in [3.8, 4) is 0 Å². The summed E-state index contributed by atoms with van der Waals surface area (Å²) in [5.41, 5.74) is 2.85. The zero-order valence-electron chi connectivity index (χ0n) is 10.3. The second-order valence-electron chi connectivity index (χ2n) is 4.59. The number of aryl methyl sites for hydroxylation is 1. The van der Waals surface area contributed by atoms with Crippen molar-refractivity contribution in [3.05, 3.63) is 23.0 Å². The van der Waals surface area contributed by atoms with E-state index in [2.05, 4.69) is 4.57 Å². The predicted molar refractivity (Wildman–Crippen MR) is 67.9 cm³/mol. The molecule has 1 aliphatic rings. The first-order valence-corrected chi connectivity index (χ1v) is 6.54. The van der Waals surface area contributed by atoms with Gasteiger partial charge in [0, 0.05) is 30.1 Å². The Bertz CT molecular complexity index is 419. The first kappa shape index (κ1) is 12.7. The molecule has 0 N–H and O–H groups in total. The lowest BCUT2D eigenvalue weighted by Gasteiger charge is -2.14. The number of aromatic nitrogens is 1. The molecule has 1 saturated heterocycles. The molecule has 1 atom stereocenters. The Morgan fingerprint density at radius 1 is 1.59 bits per heavy atom. The van der Waals surface area contributed by atoms with Crippen LogP contribution in [0.1, 0.15) is 34.6 Å². The van der Waals surface area contributed by atoms with Crippen LogP contribution in [0.15, 0.2) is 6.07 Å². The molecule has 0 amide bonds. The van der Waals surface area contributed by atoms with Crippen LogP contribution in [0.5, 0.6) is 0 Å². The second kappa shape index (κ2) is 5.23. The first-order chi connectivity index (χ1) is 8.13. The van der Waals surface area contributed by atoms with Crippen molar-refractivity contribution >= 4 is 17.4 Å². The summed E-state index contributed by atoms with van der Waals surface area (Å²) in [6, 6.07) is 1.93. The van der Waals surface area contributed by atoms with Crippen LogP contribution in [0.25, 0.3) is 0 Å². The number of hydrogen-bond acceptors (Lipinski definition) is 2. The molecule has 4 heteroatoms. The number of carbonyl (C=O) groups excluding carboxylic acids is 1. The highest BCUT2D eigenvalue weighted by Crippen LogP contribution is 2.20. The van der Waals surface area contributed by atoms with Crippen molar-refractivity contribution < 1.29 is 9.53 Å². The van der Waals surface area contributed by atoms with E-state index in [1.807, 2.05) is 19.9 Å². The lowest BCUT2D eigenvalue weighted by atomic mass is 10.2. The van der Waals surface area contributed by atoms with Gasteiger partial charge in [0.15, 0.2) is 5.78 Å². The zero-order valence-corrected chi connectivity index (χ0v) is 11.1. The molecular weight excluding hydrogens is 238 g/mol. The van der Waals surface area contributed by atoms with Gasteiger partial charge in [-0.2, -0.15) is 0 Å². The Balaban J connectivity index is 2.21. The molecule has 0 aliphatic carbocycles. The zero-order chi connectivity index (χ0) is 12.4. The molecule has 1 aromatic heterocycles. The molecule has 2 rings (SSSR count). The molecule has 1 unspecified atom stereocenters. The summed E-state index contributed by atoms with van der Waals surface area (Å²) in [6.45, 7) is 5.69. The van der Waals surface area contributed by atoms with Gasteiger partial charge in [0.2, 0.25) is 0 Å². The summed E-state index contributed by atoms with van der Waals surface area (Å²) in [6.07, 6.45) is 2.53. The number of ether oxygens (including phenoxy) is 1. The van der Waals surface area contributed by atoms with Crippen molar-refractivity contribution in [2.75, 3.05) is 12.5 Å². The molecule has 94 valence electrons. The van der Waals surface area contributed by atoms with Crippen molar-refractivity contribution in [2.45, 2.75) is 39.3 Å². The van der Waals surface area contributed by atoms with Crippen LogP contribution in [0.2, 0.25) is 0 Å². The van der Waals surface area contributed by atoms with E-state index in [4.69, 9.17) is 16.3 Å². The van der Waals surface area contributed by atoms with Gasteiger partial charge >= 0.3 is 0 Å². The molecule has 0 aromatic carbocycles. The largest absolute Gasteiger partial charge is 0.376 e. The van der Waals surface area contributed by atoms with Gasteiger partial charge in [0.1, 0.15) is 0 Å². The van der Waals surface area contributed by atoms with Crippen molar-refractivity contribution in [1.82, 2.24) is 4.57 Å². The van der Waals surface area contributed by atoms with Crippen LogP contribution in [-0.4, -0.2) is 28.9 Å². The number of carbonyl (C=O) groups is 1. The van der Waals surface area contributed by atoms with Gasteiger partial charge in [0.25, 0.3) is 0 Å². The van der Waals surface area contributed by atoms with E-state index in [1.165, 1.54) is 0 Å². The minimum Gasteiger partial charge on any atom is -0.376 e. The van der Waals surface area contributed by atoms with E-state index in [-0.39, 0.29) is 11.7 Å². The predicted octanol–water partition coefficient (Wildman–Crippen LogP) is 2.71. The lowest BCUT2D eigenvalue weighted by Crippen LogP contribution is -2.17. The molecular formula is C13H18ClNO2. The minimum absolute atomic E-state index is 0.00152. The summed E-state index contributed by atoms with van der Waals surface area (Å²) in [5.74, 6) is 0.0443. The Kier molecular flexibility index (Phi) is 3.89. The summed E-state index contributed by atoms with van der Waals surface area (Å²) in [4.78, 5) is 11.7. The van der Waals surface area contributed by atoms with Gasteiger partial charge in [-0.1, -0.05) is 0 Å². The highest BCUT2D eigenvalue weighted by molar-refractivity contribution is 6.30. The van der Waals surface area contributed by atoms with Crippen LogP contribution in [0.4, 0.5) is 0 Å². The maximum Gasteiger partial charge on any atom is 0.179 e. The van der Waals surface area contributed by atoms with E-state index in [1.54, 1.807) is 0 Å². The molecule has 1 aliphatic heterocycles. The molecule has 2 heterocycles. The maximum absolute atomic E-state index is 11.7. The van der Waals surface area contributed by atoms with E-state index in [0.29, 0.717) is 6.10 Å². The lowest BCUT2D eigenvalue weighted by molar-refractivity contribution is 0.0957. The van der Waals surface area contributed by atoms with Crippen LogP contribution in [0.3, 0.4) is 0 Å². The smallest absolute Gasteiger partial charge is 0.179 e. The van der Waals surface area contributed by atoms with Crippen molar-refractivity contribution in [1.29, 1.82) is 0 Å². The average Bonchev–Trinajstić information content (AvgIpc) is 2.91. The molecule has 0 bridgehead atoms. The van der Waals surface area contributed by atoms with Gasteiger partial charge in [-0.05, 0) is 32.8 Å². The Morgan fingerprint density at radius 2 is 2.35 bits per heavy atom. The Morgan fingerprint density at radius 3 is 2.94 bits per heavy atom. The second-order valence-corrected chi connectivity index (χ2v) is 4.85. The fraction of sp³-hybridized carbons (Fsp3) is 0.615. The highest BCUT2D eigenvalue weighted by Gasteiger charge is 2.20. The van der Waals surface area contributed by atoms with Gasteiger partial charge in [-0.15, -0.1) is 11.6 Å². The third kappa shape index (κ3) is 2.55. The average molecular weight is 256 g/mol. The molecule has 17 heavy (non-hydrogen) atoms. The Hall–Kier alpha value is -0.800. The Labute approximate surface area is 107 Å². The molecule has 1 fully saturated rings. The van der Waals surface area contributed by atoms with Crippen molar-refractivity contribution in [3.63, 3.8) is 0 Å². The van der Waals surface area contributed by atoms with Gasteiger partial charge in [-0.25, -0.2) is 0 Å². The number of halogens is 1. The third-order valence-corrected chi connectivity index (χ3v) is 3.65. The quantitative estimate of drug-likeness (QED) is 0.612. The highest BCUT2D eigenvalue weighted by atomic mass is 35.5. The molecule has 0 spiro atoms. The van der Waals surface area contributed by atoms with Gasteiger partial charge in [0.05, 0.1) is 12.0 Å². The van der Waals surface area contributed by atoms with Gasteiger partial charge < -0.3 is 9.30 Å².